The molecule has 0 amide bonds. The van der Waals surface area contributed by atoms with Gasteiger partial charge in [0.15, 0.2) is 0 Å². The first-order chi connectivity index (χ1) is 12.1. The van der Waals surface area contributed by atoms with E-state index in [1.165, 1.54) is 4.57 Å². The molecule has 2 aliphatic carbocycles. The Kier molecular flexibility index (Phi) is 2.07. The summed E-state index contributed by atoms with van der Waals surface area (Å²) in [6.45, 7) is 0. The Balaban J connectivity index is 1.69. The van der Waals surface area contributed by atoms with Gasteiger partial charge >= 0.3 is 11.4 Å². The number of aromatic nitrogens is 3. The van der Waals surface area contributed by atoms with Crippen LogP contribution in [0.3, 0.4) is 0 Å². The molecule has 7 rings (SSSR count). The molecule has 2 aromatic rings. The number of benzene rings is 1. The molecule has 1 unspecified atom stereocenters. The van der Waals surface area contributed by atoms with Crippen LogP contribution >= 0.6 is 0 Å². The van der Waals surface area contributed by atoms with E-state index in [4.69, 9.17) is 0 Å². The highest BCUT2D eigenvalue weighted by atomic mass is 16.2. The Morgan fingerprint density at radius 2 is 1.36 bits per heavy atom. The van der Waals surface area contributed by atoms with Crippen molar-refractivity contribution in [2.45, 2.75) is 23.2 Å². The van der Waals surface area contributed by atoms with Crippen LogP contribution in [-0.4, -0.2) is 37.0 Å². The first-order valence-electron chi connectivity index (χ1n) is 8.45. The summed E-state index contributed by atoms with van der Waals surface area (Å²) in [7, 11) is 2.07. The van der Waals surface area contributed by atoms with Crippen molar-refractivity contribution >= 4 is 0 Å². The van der Waals surface area contributed by atoms with E-state index in [1.54, 1.807) is 21.5 Å². The summed E-state index contributed by atoms with van der Waals surface area (Å²) in [6.07, 6.45) is 12.6. The maximum atomic E-state index is 13.2. The topological polar surface area (TPSA) is 51.9 Å². The minimum atomic E-state index is -0.276. The number of para-hydroxylation sites is 1. The number of nitrogens with zero attached hydrogens (tertiary/aromatic N) is 4. The van der Waals surface area contributed by atoms with E-state index < -0.39 is 0 Å². The van der Waals surface area contributed by atoms with Crippen LogP contribution < -0.4 is 11.4 Å². The lowest BCUT2D eigenvalue weighted by Gasteiger charge is -2.41. The predicted molar refractivity (Wildman–Crippen MR) is 93.0 cm³/mol. The number of hydrogen-bond acceptors (Lipinski definition) is 3. The van der Waals surface area contributed by atoms with Gasteiger partial charge in [0, 0.05) is 0 Å². The van der Waals surface area contributed by atoms with E-state index >= 15 is 0 Å². The Labute approximate surface area is 143 Å². The van der Waals surface area contributed by atoms with Crippen molar-refractivity contribution in [3.8, 4) is 5.69 Å². The molecule has 6 heteroatoms. The maximum Gasteiger partial charge on any atom is 0.352 e. The van der Waals surface area contributed by atoms with Crippen molar-refractivity contribution in [3.05, 3.63) is 87.8 Å². The van der Waals surface area contributed by atoms with Crippen molar-refractivity contribution in [1.29, 1.82) is 0 Å². The molecule has 1 saturated heterocycles. The lowest BCUT2D eigenvalue weighted by atomic mass is 9.73. The molecular formula is C19H16N4O2. The van der Waals surface area contributed by atoms with Gasteiger partial charge in [-0.2, -0.15) is 0 Å². The molecule has 5 atom stereocenters. The van der Waals surface area contributed by atoms with Crippen LogP contribution in [0.4, 0.5) is 0 Å². The molecule has 0 radical (unpaired) electrons. The van der Waals surface area contributed by atoms with Crippen LogP contribution in [0.2, 0.25) is 0 Å². The molecular weight excluding hydrogens is 316 g/mol. The number of hydrogen-bond donors (Lipinski definition) is 0. The standard InChI is InChI=1S/C19H16N4O2/c1-20-18-11-5-6-12-19(18,20)15-10-9-14(18)22-16(24)21(17(25)23(15)22)13-7-3-2-4-8-13/h2-12,14-15H,1H3/t14-,15+,18+,19-,20?. The lowest BCUT2D eigenvalue weighted by Crippen LogP contribution is -2.53. The van der Waals surface area contributed by atoms with Crippen LogP contribution in [0.25, 0.3) is 5.69 Å². The smallest absolute Gasteiger partial charge is 0.280 e. The third-order valence-corrected chi connectivity index (χ3v) is 6.44. The Morgan fingerprint density at radius 1 is 0.840 bits per heavy atom. The summed E-state index contributed by atoms with van der Waals surface area (Å²) < 4.78 is 4.57. The zero-order chi connectivity index (χ0) is 17.0. The summed E-state index contributed by atoms with van der Waals surface area (Å²) in [5.74, 6) is 0. The zero-order valence-corrected chi connectivity index (χ0v) is 13.6. The van der Waals surface area contributed by atoms with Crippen LogP contribution in [0.5, 0.6) is 0 Å². The number of rotatable bonds is 1. The molecule has 1 fully saturated rings. The van der Waals surface area contributed by atoms with Gasteiger partial charge in [-0.15, -0.1) is 0 Å². The molecule has 1 aromatic carbocycles. The second kappa shape index (κ2) is 3.86. The molecule has 5 aliphatic rings. The molecule has 2 bridgehead atoms. The summed E-state index contributed by atoms with van der Waals surface area (Å²) in [4.78, 5) is 28.6. The van der Waals surface area contributed by atoms with Gasteiger partial charge in [0.25, 0.3) is 0 Å². The Hall–Kier alpha value is -2.86. The van der Waals surface area contributed by atoms with Gasteiger partial charge in [-0.25, -0.2) is 23.5 Å². The summed E-state index contributed by atoms with van der Waals surface area (Å²) in [5, 5.41) is 0. The van der Waals surface area contributed by atoms with E-state index in [9.17, 15) is 9.59 Å². The summed E-state index contributed by atoms with van der Waals surface area (Å²) in [6, 6.07) is 8.76. The average molecular weight is 332 g/mol. The van der Waals surface area contributed by atoms with Gasteiger partial charge in [0.2, 0.25) is 0 Å². The molecule has 0 spiro atoms. The predicted octanol–water partition coefficient (Wildman–Crippen LogP) is 1.02. The number of likely N-dealkylation sites (N-methyl/N-ethyl adjacent to an activating group) is 1. The van der Waals surface area contributed by atoms with Gasteiger partial charge in [-0.1, -0.05) is 54.7 Å². The van der Waals surface area contributed by atoms with Gasteiger partial charge in [-0.3, -0.25) is 4.90 Å². The monoisotopic (exact) mass is 332 g/mol. The van der Waals surface area contributed by atoms with Gasteiger partial charge in [-0.05, 0) is 19.2 Å². The first-order valence-corrected chi connectivity index (χ1v) is 8.45. The van der Waals surface area contributed by atoms with E-state index in [0.29, 0.717) is 5.69 Å². The molecule has 3 aliphatic heterocycles. The Morgan fingerprint density at radius 3 is 1.88 bits per heavy atom. The van der Waals surface area contributed by atoms with E-state index in [-0.39, 0.29) is 34.5 Å². The largest absolute Gasteiger partial charge is 0.352 e. The summed E-state index contributed by atoms with van der Waals surface area (Å²) >= 11 is 0. The highest BCUT2D eigenvalue weighted by Crippen LogP contribution is 2.69. The van der Waals surface area contributed by atoms with E-state index in [2.05, 4.69) is 36.3 Å². The van der Waals surface area contributed by atoms with Crippen LogP contribution in [0.15, 0.2) is 76.4 Å². The quantitative estimate of drug-likeness (QED) is 0.579. The maximum absolute atomic E-state index is 13.2. The molecule has 1 aromatic heterocycles. The minimum absolute atomic E-state index is 0.186. The Bertz CT molecular complexity index is 1060. The normalized spacial score (nSPS) is 38.4. The van der Waals surface area contributed by atoms with Gasteiger partial charge < -0.3 is 0 Å². The van der Waals surface area contributed by atoms with Crippen molar-refractivity contribution < 1.29 is 0 Å². The van der Waals surface area contributed by atoms with E-state index in [0.717, 1.165) is 0 Å². The first kappa shape index (κ1) is 13.4. The SMILES string of the molecule is CN1[C@@]23C=CC=C[C@@]12[C@H]1C=C[C@@H]3n2c(=O)n(-c3ccccc3)c(=O)n21. The highest BCUT2D eigenvalue weighted by Gasteiger charge is 2.81. The van der Waals surface area contributed by atoms with Gasteiger partial charge in [0.1, 0.15) is 0 Å². The molecule has 124 valence electrons. The molecule has 25 heavy (non-hydrogen) atoms. The fourth-order valence-electron chi connectivity index (χ4n) is 5.36. The second-order valence-electron chi connectivity index (χ2n) is 7.13. The van der Waals surface area contributed by atoms with Crippen molar-refractivity contribution in [2.75, 3.05) is 7.05 Å². The molecule has 6 nitrogen and oxygen atoms in total. The van der Waals surface area contributed by atoms with E-state index in [1.807, 2.05) is 30.4 Å². The van der Waals surface area contributed by atoms with Crippen molar-refractivity contribution in [2.24, 2.45) is 0 Å². The highest BCUT2D eigenvalue weighted by molar-refractivity contribution is 5.56. The molecule has 4 heterocycles. The van der Waals surface area contributed by atoms with Crippen molar-refractivity contribution in [1.82, 2.24) is 18.8 Å². The number of allylic oxidation sites excluding steroid dienone is 2. The third-order valence-electron chi connectivity index (χ3n) is 6.44. The summed E-state index contributed by atoms with van der Waals surface area (Å²) in [5.41, 5.74) is -0.443. The third kappa shape index (κ3) is 1.15. The van der Waals surface area contributed by atoms with Crippen LogP contribution in [-0.2, 0) is 0 Å². The molecule has 0 N–H and O–H groups in total. The average Bonchev–Trinajstić information content (AvgIpc) is 3.14. The van der Waals surface area contributed by atoms with Crippen LogP contribution in [0.1, 0.15) is 12.1 Å². The van der Waals surface area contributed by atoms with Crippen molar-refractivity contribution in [3.63, 3.8) is 0 Å². The van der Waals surface area contributed by atoms with Gasteiger partial charge in [0.05, 0.1) is 28.8 Å². The lowest BCUT2D eigenvalue weighted by molar-refractivity contribution is 0.236. The molecule has 0 saturated carbocycles. The fourth-order valence-corrected chi connectivity index (χ4v) is 5.36. The fraction of sp³-hybridized carbons (Fsp3) is 0.263. The zero-order valence-electron chi connectivity index (χ0n) is 13.6. The van der Waals surface area contributed by atoms with Crippen LogP contribution in [0, 0.1) is 0 Å². The minimum Gasteiger partial charge on any atom is -0.280 e. The second-order valence-corrected chi connectivity index (χ2v) is 7.13.